The summed E-state index contributed by atoms with van der Waals surface area (Å²) in [5.74, 6) is -0.193. The molecule has 1 saturated carbocycles. The molecule has 0 spiro atoms. The number of halogens is 2. The van der Waals surface area contributed by atoms with E-state index in [1.165, 1.54) is 30.9 Å². The Labute approximate surface area is 126 Å². The van der Waals surface area contributed by atoms with Gasteiger partial charge in [-0.2, -0.15) is 0 Å². The summed E-state index contributed by atoms with van der Waals surface area (Å²) in [5, 5.41) is 0. The van der Waals surface area contributed by atoms with Gasteiger partial charge in [-0.25, -0.2) is 4.39 Å². The second-order valence-electron chi connectivity index (χ2n) is 5.18. The molecule has 3 heteroatoms. The molecule has 0 aliphatic heterocycles. The highest BCUT2D eigenvalue weighted by Crippen LogP contribution is 2.36. The molecule has 20 heavy (non-hydrogen) atoms. The van der Waals surface area contributed by atoms with Crippen molar-refractivity contribution < 1.29 is 9.18 Å². The highest BCUT2D eigenvalue weighted by atomic mass is 79.9. The van der Waals surface area contributed by atoms with Crippen LogP contribution in [0.3, 0.4) is 0 Å². The average Bonchev–Trinajstić information content (AvgIpc) is 2.36. The molecule has 2 aromatic rings. The summed E-state index contributed by atoms with van der Waals surface area (Å²) in [7, 11) is 0. The number of carbonyl (C=O) groups is 1. The molecule has 0 unspecified atom stereocenters. The molecule has 0 bridgehead atoms. The largest absolute Gasteiger partial charge is 0.288 e. The minimum Gasteiger partial charge on any atom is -0.288 e. The molecule has 1 aliphatic carbocycles. The average molecular weight is 333 g/mol. The lowest BCUT2D eigenvalue weighted by Gasteiger charge is -2.26. The molecule has 1 fully saturated rings. The fourth-order valence-corrected chi connectivity index (χ4v) is 3.06. The van der Waals surface area contributed by atoms with Crippen LogP contribution in [-0.2, 0) is 0 Å². The fourth-order valence-electron chi connectivity index (χ4n) is 2.53. The summed E-state index contributed by atoms with van der Waals surface area (Å²) in [6, 6.07) is 12.2. The molecular weight excluding hydrogens is 319 g/mol. The molecular formula is C17H14BrFO. The SMILES string of the molecule is O=C(c1cccc(C2CCC2)c1)c1c(F)cccc1Br. The van der Waals surface area contributed by atoms with Crippen LogP contribution < -0.4 is 0 Å². The van der Waals surface area contributed by atoms with Crippen LogP contribution in [0.15, 0.2) is 46.9 Å². The molecule has 0 saturated heterocycles. The number of rotatable bonds is 3. The van der Waals surface area contributed by atoms with Gasteiger partial charge in [0.15, 0.2) is 5.78 Å². The predicted molar refractivity (Wildman–Crippen MR) is 80.6 cm³/mol. The molecule has 3 rings (SSSR count). The van der Waals surface area contributed by atoms with Crippen molar-refractivity contribution in [1.82, 2.24) is 0 Å². The summed E-state index contributed by atoms with van der Waals surface area (Å²) >= 11 is 3.26. The Morgan fingerprint density at radius 1 is 1.15 bits per heavy atom. The van der Waals surface area contributed by atoms with Crippen LogP contribution in [0.4, 0.5) is 4.39 Å². The Kier molecular flexibility index (Phi) is 3.70. The Hall–Kier alpha value is -1.48. The van der Waals surface area contributed by atoms with E-state index in [0.29, 0.717) is 16.0 Å². The summed E-state index contributed by atoms with van der Waals surface area (Å²) in [4.78, 5) is 12.5. The molecule has 0 heterocycles. The highest BCUT2D eigenvalue weighted by Gasteiger charge is 2.22. The third-order valence-corrected chi connectivity index (χ3v) is 4.58. The van der Waals surface area contributed by atoms with E-state index in [4.69, 9.17) is 0 Å². The van der Waals surface area contributed by atoms with Gasteiger partial charge in [0.1, 0.15) is 5.82 Å². The molecule has 0 N–H and O–H groups in total. The van der Waals surface area contributed by atoms with Crippen molar-refractivity contribution in [2.75, 3.05) is 0 Å². The van der Waals surface area contributed by atoms with Gasteiger partial charge in [-0.1, -0.05) is 30.7 Å². The molecule has 1 aliphatic rings. The van der Waals surface area contributed by atoms with Crippen LogP contribution in [0.1, 0.15) is 46.7 Å². The van der Waals surface area contributed by atoms with Gasteiger partial charge in [-0.05, 0) is 58.5 Å². The van der Waals surface area contributed by atoms with Crippen molar-refractivity contribution >= 4 is 21.7 Å². The van der Waals surface area contributed by atoms with E-state index in [9.17, 15) is 9.18 Å². The third-order valence-electron chi connectivity index (χ3n) is 3.92. The summed E-state index contributed by atoms with van der Waals surface area (Å²) < 4.78 is 14.4. The van der Waals surface area contributed by atoms with E-state index >= 15 is 0 Å². The Balaban J connectivity index is 1.98. The zero-order chi connectivity index (χ0) is 14.1. The number of hydrogen-bond donors (Lipinski definition) is 0. The highest BCUT2D eigenvalue weighted by molar-refractivity contribution is 9.10. The van der Waals surface area contributed by atoms with Crippen molar-refractivity contribution in [3.8, 4) is 0 Å². The van der Waals surface area contributed by atoms with Crippen molar-refractivity contribution in [1.29, 1.82) is 0 Å². The van der Waals surface area contributed by atoms with Crippen LogP contribution in [0.25, 0.3) is 0 Å². The molecule has 0 aromatic heterocycles. The maximum atomic E-state index is 13.9. The van der Waals surface area contributed by atoms with E-state index < -0.39 is 5.82 Å². The topological polar surface area (TPSA) is 17.1 Å². The number of carbonyl (C=O) groups excluding carboxylic acids is 1. The van der Waals surface area contributed by atoms with Crippen LogP contribution in [0, 0.1) is 5.82 Å². The number of hydrogen-bond acceptors (Lipinski definition) is 1. The molecule has 1 nitrogen and oxygen atoms in total. The maximum Gasteiger partial charge on any atom is 0.197 e. The van der Waals surface area contributed by atoms with E-state index in [1.54, 1.807) is 18.2 Å². The molecule has 102 valence electrons. The number of ketones is 1. The third kappa shape index (κ3) is 2.42. The second kappa shape index (κ2) is 5.49. The first-order chi connectivity index (χ1) is 9.66. The summed E-state index contributed by atoms with van der Waals surface area (Å²) in [5.41, 5.74) is 1.85. The van der Waals surface area contributed by atoms with Crippen LogP contribution in [0.2, 0.25) is 0 Å². The van der Waals surface area contributed by atoms with Crippen LogP contribution in [0.5, 0.6) is 0 Å². The van der Waals surface area contributed by atoms with Crippen molar-refractivity contribution in [2.45, 2.75) is 25.2 Å². The van der Waals surface area contributed by atoms with Gasteiger partial charge in [0, 0.05) is 10.0 Å². The van der Waals surface area contributed by atoms with E-state index in [2.05, 4.69) is 22.0 Å². The van der Waals surface area contributed by atoms with Crippen LogP contribution in [-0.4, -0.2) is 5.78 Å². The smallest absolute Gasteiger partial charge is 0.197 e. The molecule has 0 radical (unpaired) electrons. The molecule has 0 amide bonds. The van der Waals surface area contributed by atoms with Gasteiger partial charge in [-0.15, -0.1) is 0 Å². The first kappa shape index (κ1) is 13.5. The fraction of sp³-hybridized carbons (Fsp3) is 0.235. The van der Waals surface area contributed by atoms with Crippen molar-refractivity contribution in [2.24, 2.45) is 0 Å². The van der Waals surface area contributed by atoms with Crippen molar-refractivity contribution in [3.63, 3.8) is 0 Å². The first-order valence-corrected chi connectivity index (χ1v) is 7.55. The van der Waals surface area contributed by atoms with Gasteiger partial charge in [0.2, 0.25) is 0 Å². The standard InChI is InChI=1S/C17H14BrFO/c18-14-8-3-9-15(19)16(14)17(20)13-7-2-6-12(10-13)11-4-1-5-11/h2-3,6-11H,1,4-5H2. The lowest BCUT2D eigenvalue weighted by atomic mass is 9.79. The zero-order valence-electron chi connectivity index (χ0n) is 10.9. The maximum absolute atomic E-state index is 13.9. The van der Waals surface area contributed by atoms with Gasteiger partial charge in [-0.3, -0.25) is 4.79 Å². The lowest BCUT2D eigenvalue weighted by molar-refractivity contribution is 0.103. The second-order valence-corrected chi connectivity index (χ2v) is 6.03. The van der Waals surface area contributed by atoms with E-state index in [0.717, 1.165) is 0 Å². The monoisotopic (exact) mass is 332 g/mol. The Bertz CT molecular complexity index is 642. The van der Waals surface area contributed by atoms with E-state index in [1.807, 2.05) is 12.1 Å². The van der Waals surface area contributed by atoms with Crippen LogP contribution >= 0.6 is 15.9 Å². The molecule has 2 aromatic carbocycles. The quantitative estimate of drug-likeness (QED) is 0.716. The normalized spacial score (nSPS) is 14.9. The van der Waals surface area contributed by atoms with Gasteiger partial charge < -0.3 is 0 Å². The van der Waals surface area contributed by atoms with E-state index in [-0.39, 0.29) is 11.3 Å². The minimum atomic E-state index is -0.488. The first-order valence-electron chi connectivity index (χ1n) is 6.75. The van der Waals surface area contributed by atoms with Gasteiger partial charge in [0.05, 0.1) is 5.56 Å². The minimum absolute atomic E-state index is 0.109. The van der Waals surface area contributed by atoms with Gasteiger partial charge in [0.25, 0.3) is 0 Å². The van der Waals surface area contributed by atoms with Crippen molar-refractivity contribution in [3.05, 3.63) is 69.4 Å². The lowest BCUT2D eigenvalue weighted by Crippen LogP contribution is -2.11. The zero-order valence-corrected chi connectivity index (χ0v) is 12.5. The number of benzene rings is 2. The Morgan fingerprint density at radius 3 is 2.55 bits per heavy atom. The summed E-state index contributed by atoms with van der Waals surface area (Å²) in [6.07, 6.45) is 3.61. The summed E-state index contributed by atoms with van der Waals surface area (Å²) in [6.45, 7) is 0. The molecule has 0 atom stereocenters. The Morgan fingerprint density at radius 2 is 1.90 bits per heavy atom. The van der Waals surface area contributed by atoms with Gasteiger partial charge >= 0.3 is 0 Å². The predicted octanol–water partition coefficient (Wildman–Crippen LogP) is 5.09.